The molecule has 1 aromatic carbocycles. The number of aromatic hydroxyl groups is 1. The van der Waals surface area contributed by atoms with E-state index in [-0.39, 0.29) is 28.8 Å². The highest BCUT2D eigenvalue weighted by atomic mass is 32.2. The molecule has 0 amide bonds. The van der Waals surface area contributed by atoms with E-state index in [0.717, 1.165) is 30.4 Å². The number of halogens is 1. The summed E-state index contributed by atoms with van der Waals surface area (Å²) in [5.74, 6) is -0.104. The Morgan fingerprint density at radius 2 is 2.03 bits per heavy atom. The highest BCUT2D eigenvalue weighted by Gasteiger charge is 2.38. The first-order valence-electron chi connectivity index (χ1n) is 11.0. The van der Waals surface area contributed by atoms with Gasteiger partial charge in [0.25, 0.3) is 0 Å². The molecule has 33 heavy (non-hydrogen) atoms. The minimum Gasteiger partial charge on any atom is -0.508 e. The standard InChI is InChI=1S/C22H24FN3O5S2/c23-21-11-24-22(32-21)10-19(28)18(7-13-3-5-31-6-4-13)26-12-16-17(25-26)8-14(27)9-20(16)33(29,30)15-1-2-15/h8-9,11-13,15,18,27H,1-7,10H2. The number of rotatable bonds is 8. The highest BCUT2D eigenvalue weighted by molar-refractivity contribution is 7.92. The van der Waals surface area contributed by atoms with Gasteiger partial charge in [-0.25, -0.2) is 13.4 Å². The lowest BCUT2D eigenvalue weighted by atomic mass is 9.90. The van der Waals surface area contributed by atoms with E-state index in [2.05, 4.69) is 10.1 Å². The summed E-state index contributed by atoms with van der Waals surface area (Å²) in [6.07, 6.45) is 6.01. The van der Waals surface area contributed by atoms with E-state index in [1.807, 2.05) is 0 Å². The normalized spacial score (nSPS) is 18.6. The number of carbonyl (C=O) groups is 1. The van der Waals surface area contributed by atoms with Gasteiger partial charge in [-0.1, -0.05) is 11.3 Å². The average molecular weight is 494 g/mol. The lowest BCUT2D eigenvalue weighted by Crippen LogP contribution is -2.27. The first kappa shape index (κ1) is 22.4. The molecule has 2 aliphatic rings. The van der Waals surface area contributed by atoms with Gasteiger partial charge in [0.15, 0.2) is 20.8 Å². The zero-order chi connectivity index (χ0) is 23.2. The third-order valence-corrected chi connectivity index (χ3v) is 9.38. The zero-order valence-electron chi connectivity index (χ0n) is 17.8. The van der Waals surface area contributed by atoms with Gasteiger partial charge >= 0.3 is 0 Å². The van der Waals surface area contributed by atoms with Crippen molar-refractivity contribution in [3.63, 3.8) is 0 Å². The van der Waals surface area contributed by atoms with E-state index >= 15 is 0 Å². The molecule has 1 saturated carbocycles. The maximum absolute atomic E-state index is 13.4. The molecular weight excluding hydrogens is 469 g/mol. The van der Waals surface area contributed by atoms with Crippen LogP contribution in [0.15, 0.2) is 29.4 Å². The Kier molecular flexibility index (Phi) is 5.96. The van der Waals surface area contributed by atoms with Crippen LogP contribution in [0.4, 0.5) is 4.39 Å². The Balaban J connectivity index is 1.53. The molecular formula is C22H24FN3O5S2. The number of nitrogens with zero attached hydrogens (tertiary/aromatic N) is 3. The van der Waals surface area contributed by atoms with Crippen LogP contribution in [0.1, 0.15) is 43.2 Å². The quantitative estimate of drug-likeness (QED) is 0.512. The van der Waals surface area contributed by atoms with Gasteiger partial charge in [0.2, 0.25) is 0 Å². The number of benzene rings is 1. The Morgan fingerprint density at radius 3 is 2.70 bits per heavy atom. The number of fused-ring (bicyclic) bond motifs is 1. The van der Waals surface area contributed by atoms with Gasteiger partial charge in [-0.05, 0) is 44.1 Å². The van der Waals surface area contributed by atoms with Crippen molar-refractivity contribution >= 4 is 37.9 Å². The molecule has 1 aliphatic heterocycles. The van der Waals surface area contributed by atoms with Crippen LogP contribution in [0.5, 0.6) is 5.75 Å². The summed E-state index contributed by atoms with van der Waals surface area (Å²) in [4.78, 5) is 17.3. The van der Waals surface area contributed by atoms with Crippen LogP contribution in [0.2, 0.25) is 0 Å². The zero-order valence-corrected chi connectivity index (χ0v) is 19.4. The summed E-state index contributed by atoms with van der Waals surface area (Å²) in [7, 11) is -3.59. The number of ketones is 1. The van der Waals surface area contributed by atoms with Crippen LogP contribution in [0.3, 0.4) is 0 Å². The molecule has 1 saturated heterocycles. The summed E-state index contributed by atoms with van der Waals surface area (Å²) in [6.45, 7) is 1.25. The number of phenolic OH excluding ortho intramolecular Hbond substituents is 1. The van der Waals surface area contributed by atoms with Crippen LogP contribution in [0.25, 0.3) is 10.9 Å². The second kappa shape index (κ2) is 8.77. The van der Waals surface area contributed by atoms with Crippen LogP contribution in [0, 0.1) is 11.0 Å². The molecule has 5 rings (SSSR count). The molecule has 0 radical (unpaired) electrons. The summed E-state index contributed by atoms with van der Waals surface area (Å²) in [5.41, 5.74) is 0.319. The van der Waals surface area contributed by atoms with Crippen LogP contribution in [-0.4, -0.2) is 52.5 Å². The molecule has 3 aromatic rings. The topological polar surface area (TPSA) is 111 Å². The van der Waals surface area contributed by atoms with Crippen molar-refractivity contribution in [2.45, 2.75) is 54.7 Å². The van der Waals surface area contributed by atoms with Gasteiger partial charge in [0, 0.05) is 30.9 Å². The number of phenols is 1. The molecule has 3 heterocycles. The van der Waals surface area contributed by atoms with E-state index in [0.29, 0.717) is 48.4 Å². The molecule has 1 N–H and O–H groups in total. The number of thiazole rings is 1. The molecule has 1 atom stereocenters. The molecule has 176 valence electrons. The molecule has 2 aromatic heterocycles. The average Bonchev–Trinajstić information content (AvgIpc) is 3.46. The van der Waals surface area contributed by atoms with Crippen molar-refractivity contribution in [2.24, 2.45) is 5.92 Å². The van der Waals surface area contributed by atoms with Gasteiger partial charge in [0.05, 0.1) is 28.3 Å². The second-order valence-electron chi connectivity index (χ2n) is 8.74. The highest BCUT2D eigenvalue weighted by Crippen LogP contribution is 2.39. The lowest BCUT2D eigenvalue weighted by molar-refractivity contribution is -0.122. The van der Waals surface area contributed by atoms with Crippen LogP contribution >= 0.6 is 11.3 Å². The number of ether oxygens (including phenoxy) is 1. The minimum atomic E-state index is -3.59. The van der Waals surface area contributed by atoms with Crippen molar-refractivity contribution in [2.75, 3.05) is 13.2 Å². The summed E-state index contributed by atoms with van der Waals surface area (Å²) >= 11 is 0.837. The number of aromatic nitrogens is 3. The van der Waals surface area contributed by atoms with Gasteiger partial charge in [0.1, 0.15) is 16.8 Å². The van der Waals surface area contributed by atoms with Gasteiger partial charge in [-0.2, -0.15) is 9.49 Å². The molecule has 1 unspecified atom stereocenters. The van der Waals surface area contributed by atoms with Gasteiger partial charge < -0.3 is 9.84 Å². The van der Waals surface area contributed by atoms with E-state index in [4.69, 9.17) is 4.74 Å². The summed E-state index contributed by atoms with van der Waals surface area (Å²) < 4.78 is 46.3. The molecule has 11 heteroatoms. The Bertz CT molecular complexity index is 1290. The van der Waals surface area contributed by atoms with Crippen molar-refractivity contribution in [3.8, 4) is 5.75 Å². The van der Waals surface area contributed by atoms with Crippen molar-refractivity contribution in [3.05, 3.63) is 34.7 Å². The monoisotopic (exact) mass is 493 g/mol. The number of hydrogen-bond acceptors (Lipinski definition) is 8. The number of sulfone groups is 1. The van der Waals surface area contributed by atoms with E-state index < -0.39 is 26.3 Å². The first-order valence-corrected chi connectivity index (χ1v) is 13.3. The second-order valence-corrected chi connectivity index (χ2v) is 12.0. The maximum atomic E-state index is 13.4. The van der Waals surface area contributed by atoms with E-state index in [9.17, 15) is 22.7 Å². The third-order valence-electron chi connectivity index (χ3n) is 6.30. The van der Waals surface area contributed by atoms with Crippen LogP contribution < -0.4 is 0 Å². The Labute approximate surface area is 194 Å². The molecule has 1 aliphatic carbocycles. The lowest BCUT2D eigenvalue weighted by Gasteiger charge is -2.26. The predicted octanol–water partition coefficient (Wildman–Crippen LogP) is 3.44. The number of Topliss-reactive ketones (excluding diaryl/α,β-unsaturated/α-hetero) is 1. The smallest absolute Gasteiger partial charge is 0.196 e. The molecule has 2 fully saturated rings. The van der Waals surface area contributed by atoms with Crippen molar-refractivity contribution in [1.29, 1.82) is 0 Å². The fraction of sp³-hybridized carbons (Fsp3) is 0.500. The number of carbonyl (C=O) groups excluding carboxylic acids is 1. The SMILES string of the molecule is O=C(Cc1ncc(F)s1)C(CC1CCOCC1)n1cc2c(S(=O)(=O)C3CC3)cc(O)cc2n1. The van der Waals surface area contributed by atoms with Crippen LogP contribution in [-0.2, 0) is 25.8 Å². The largest absolute Gasteiger partial charge is 0.508 e. The summed E-state index contributed by atoms with van der Waals surface area (Å²) in [6, 6.07) is 2.01. The fourth-order valence-electron chi connectivity index (χ4n) is 4.37. The van der Waals surface area contributed by atoms with Crippen molar-refractivity contribution in [1.82, 2.24) is 14.8 Å². The number of hydrogen-bond donors (Lipinski definition) is 1. The minimum absolute atomic E-state index is 0.0306. The van der Waals surface area contributed by atoms with Gasteiger partial charge in [-0.15, -0.1) is 0 Å². The molecule has 0 bridgehead atoms. The molecule has 8 nitrogen and oxygen atoms in total. The van der Waals surface area contributed by atoms with E-state index in [1.165, 1.54) is 16.8 Å². The van der Waals surface area contributed by atoms with E-state index in [1.54, 1.807) is 6.20 Å². The third kappa shape index (κ3) is 4.67. The Hall–Kier alpha value is -2.37. The predicted molar refractivity (Wildman–Crippen MR) is 120 cm³/mol. The van der Waals surface area contributed by atoms with Gasteiger partial charge in [-0.3, -0.25) is 9.48 Å². The summed E-state index contributed by atoms with van der Waals surface area (Å²) in [5, 5.41) is 14.6. The maximum Gasteiger partial charge on any atom is 0.196 e. The molecule has 0 spiro atoms. The van der Waals surface area contributed by atoms with Crippen molar-refractivity contribution < 1.29 is 27.4 Å². The fourth-order valence-corrected chi connectivity index (χ4v) is 6.89. The first-order chi connectivity index (χ1) is 15.8. The Morgan fingerprint density at radius 1 is 1.27 bits per heavy atom.